The van der Waals surface area contributed by atoms with E-state index in [-0.39, 0.29) is 29.8 Å². The second-order valence-electron chi connectivity index (χ2n) is 11.9. The molecule has 1 fully saturated rings. The van der Waals surface area contributed by atoms with Crippen molar-refractivity contribution in [1.82, 2.24) is 10.2 Å². The molecule has 0 heterocycles. The van der Waals surface area contributed by atoms with E-state index in [1.165, 1.54) is 24.1 Å². The molecule has 4 aromatic rings. The molecule has 4 aromatic carbocycles. The van der Waals surface area contributed by atoms with Crippen LogP contribution < -0.4 is 14.4 Å². The minimum atomic E-state index is -4.19. The second-order valence-corrected chi connectivity index (χ2v) is 14.6. The van der Waals surface area contributed by atoms with Crippen LogP contribution >= 0.6 is 15.9 Å². The van der Waals surface area contributed by atoms with Crippen LogP contribution in [0.25, 0.3) is 0 Å². The second kappa shape index (κ2) is 15.6. The summed E-state index contributed by atoms with van der Waals surface area (Å²) < 4.78 is 35.7. The van der Waals surface area contributed by atoms with Gasteiger partial charge >= 0.3 is 0 Å². The molecule has 0 bridgehead atoms. The molecule has 1 saturated carbocycles. The summed E-state index contributed by atoms with van der Waals surface area (Å²) in [7, 11) is -2.65. The van der Waals surface area contributed by atoms with Crippen molar-refractivity contribution in [2.75, 3.05) is 18.0 Å². The lowest BCUT2D eigenvalue weighted by atomic mass is 10.0. The number of amides is 2. The molecule has 1 aliphatic rings. The lowest BCUT2D eigenvalue weighted by molar-refractivity contribution is -0.140. The van der Waals surface area contributed by atoms with E-state index in [9.17, 15) is 18.0 Å². The molecule has 10 heteroatoms. The van der Waals surface area contributed by atoms with E-state index >= 15 is 0 Å². The summed E-state index contributed by atoms with van der Waals surface area (Å²) in [4.78, 5) is 30.4. The fourth-order valence-electron chi connectivity index (χ4n) is 5.87. The van der Waals surface area contributed by atoms with Gasteiger partial charge in [-0.25, -0.2) is 8.42 Å². The quantitative estimate of drug-likeness (QED) is 0.167. The highest BCUT2D eigenvalue weighted by Crippen LogP contribution is 2.28. The summed E-state index contributed by atoms with van der Waals surface area (Å²) in [5.74, 6) is -0.198. The number of ether oxygens (including phenoxy) is 1. The van der Waals surface area contributed by atoms with Crippen molar-refractivity contribution in [3.8, 4) is 5.75 Å². The van der Waals surface area contributed by atoms with E-state index in [0.29, 0.717) is 11.4 Å². The Morgan fingerprint density at radius 2 is 1.55 bits per heavy atom. The molecule has 0 unspecified atom stereocenters. The number of aryl methyl sites for hydroxylation is 1. The first-order valence-electron chi connectivity index (χ1n) is 15.8. The van der Waals surface area contributed by atoms with Crippen molar-refractivity contribution < 1.29 is 22.7 Å². The molecule has 1 aliphatic carbocycles. The van der Waals surface area contributed by atoms with Gasteiger partial charge in [0.05, 0.1) is 17.7 Å². The first kappa shape index (κ1) is 34.2. The Kier molecular flexibility index (Phi) is 11.4. The largest absolute Gasteiger partial charge is 0.497 e. The standard InChI is InChI=1S/C37H40BrN3O5S/c1-27-15-21-34(22-16-27)47(44,45)41(32-17-19-33(46-2)20-18-32)26-36(42)40(25-29-11-8-12-30(38)23-29)35(24-28-9-4-3-5-10-28)37(43)39-31-13-6-7-14-31/h3-5,8-12,15-23,31,35H,6-7,13-14,24-26H2,1-2H3,(H,39,43)/t35-/m0/s1. The molecule has 8 nitrogen and oxygen atoms in total. The molecule has 1 atom stereocenters. The molecule has 5 rings (SSSR count). The molecule has 0 aromatic heterocycles. The summed E-state index contributed by atoms with van der Waals surface area (Å²) in [5, 5.41) is 3.20. The van der Waals surface area contributed by atoms with Crippen LogP contribution in [0.4, 0.5) is 5.69 Å². The zero-order valence-corrected chi connectivity index (χ0v) is 29.0. The summed E-state index contributed by atoms with van der Waals surface area (Å²) in [5.41, 5.74) is 2.91. The molecular formula is C37H40BrN3O5S. The van der Waals surface area contributed by atoms with Crippen LogP contribution in [0, 0.1) is 6.92 Å². The van der Waals surface area contributed by atoms with Crippen molar-refractivity contribution in [1.29, 1.82) is 0 Å². The fraction of sp³-hybridized carbons (Fsp3) is 0.297. The zero-order valence-electron chi connectivity index (χ0n) is 26.6. The zero-order chi connectivity index (χ0) is 33.4. The first-order chi connectivity index (χ1) is 22.6. The van der Waals surface area contributed by atoms with Gasteiger partial charge in [0.25, 0.3) is 10.0 Å². The minimum Gasteiger partial charge on any atom is -0.497 e. The van der Waals surface area contributed by atoms with E-state index in [1.807, 2.05) is 61.5 Å². The molecule has 1 N–H and O–H groups in total. The Bertz CT molecular complexity index is 1760. The molecule has 47 heavy (non-hydrogen) atoms. The van der Waals surface area contributed by atoms with E-state index in [0.717, 1.165) is 51.2 Å². The Balaban J connectivity index is 1.56. The third-order valence-corrected chi connectivity index (χ3v) is 10.7. The summed E-state index contributed by atoms with van der Waals surface area (Å²) in [6.07, 6.45) is 4.14. The Hall–Kier alpha value is -4.15. The highest BCUT2D eigenvalue weighted by molar-refractivity contribution is 9.10. The predicted molar refractivity (Wildman–Crippen MR) is 188 cm³/mol. The van der Waals surface area contributed by atoms with Crippen LogP contribution in [0.15, 0.2) is 112 Å². The Labute approximate surface area is 285 Å². The number of carbonyl (C=O) groups is 2. The number of carbonyl (C=O) groups excluding carboxylic acids is 2. The number of nitrogens with one attached hydrogen (secondary N) is 1. The maximum absolute atomic E-state index is 14.6. The van der Waals surface area contributed by atoms with Crippen molar-refractivity contribution in [3.63, 3.8) is 0 Å². The van der Waals surface area contributed by atoms with Gasteiger partial charge in [0.1, 0.15) is 18.3 Å². The number of rotatable bonds is 13. The Morgan fingerprint density at radius 1 is 0.894 bits per heavy atom. The number of benzene rings is 4. The highest BCUT2D eigenvalue weighted by Gasteiger charge is 2.35. The lowest BCUT2D eigenvalue weighted by Crippen LogP contribution is -2.54. The van der Waals surface area contributed by atoms with E-state index < -0.39 is 28.5 Å². The topological polar surface area (TPSA) is 96.0 Å². The molecular weight excluding hydrogens is 678 g/mol. The summed E-state index contributed by atoms with van der Waals surface area (Å²) in [6, 6.07) is 29.4. The number of sulfonamides is 1. The van der Waals surface area contributed by atoms with Gasteiger partial charge in [-0.15, -0.1) is 0 Å². The third-order valence-electron chi connectivity index (χ3n) is 8.46. The van der Waals surface area contributed by atoms with E-state index in [2.05, 4.69) is 21.2 Å². The maximum atomic E-state index is 14.6. The normalized spacial score (nSPS) is 13.9. The monoisotopic (exact) mass is 717 g/mol. The van der Waals surface area contributed by atoms with Crippen LogP contribution in [0.5, 0.6) is 5.75 Å². The molecule has 2 amide bonds. The van der Waals surface area contributed by atoms with Crippen LogP contribution in [0.1, 0.15) is 42.4 Å². The van der Waals surface area contributed by atoms with Gasteiger partial charge in [-0.05, 0) is 79.4 Å². The summed E-state index contributed by atoms with van der Waals surface area (Å²) in [6.45, 7) is 1.47. The van der Waals surface area contributed by atoms with E-state index in [4.69, 9.17) is 4.74 Å². The maximum Gasteiger partial charge on any atom is 0.264 e. The average molecular weight is 719 g/mol. The number of methoxy groups -OCH3 is 1. The van der Waals surface area contributed by atoms with Crippen molar-refractivity contribution in [3.05, 3.63) is 124 Å². The third kappa shape index (κ3) is 8.81. The van der Waals surface area contributed by atoms with Crippen LogP contribution in [0.2, 0.25) is 0 Å². The van der Waals surface area contributed by atoms with Crippen LogP contribution in [-0.2, 0) is 32.6 Å². The van der Waals surface area contributed by atoms with Crippen molar-refractivity contribution in [2.24, 2.45) is 0 Å². The smallest absolute Gasteiger partial charge is 0.264 e. The van der Waals surface area contributed by atoms with Gasteiger partial charge in [0, 0.05) is 23.5 Å². The van der Waals surface area contributed by atoms with Gasteiger partial charge in [0.2, 0.25) is 11.8 Å². The SMILES string of the molecule is COc1ccc(N(CC(=O)N(Cc2cccc(Br)c2)[C@@H](Cc2ccccc2)C(=O)NC2CCCC2)S(=O)(=O)c2ccc(C)cc2)cc1. The van der Waals surface area contributed by atoms with Gasteiger partial charge in [-0.1, -0.05) is 88.9 Å². The summed E-state index contributed by atoms with van der Waals surface area (Å²) >= 11 is 3.53. The van der Waals surface area contributed by atoms with Crippen LogP contribution in [0.3, 0.4) is 0 Å². The Morgan fingerprint density at radius 3 is 2.19 bits per heavy atom. The van der Waals surface area contributed by atoms with E-state index in [1.54, 1.807) is 36.4 Å². The average Bonchev–Trinajstić information content (AvgIpc) is 3.59. The molecule has 246 valence electrons. The minimum absolute atomic E-state index is 0.0429. The number of nitrogens with zero attached hydrogens (tertiary/aromatic N) is 2. The molecule has 0 spiro atoms. The van der Waals surface area contributed by atoms with Crippen molar-refractivity contribution in [2.45, 2.75) is 62.6 Å². The van der Waals surface area contributed by atoms with Gasteiger partial charge in [-0.2, -0.15) is 0 Å². The number of anilines is 1. The number of halogens is 1. The van der Waals surface area contributed by atoms with Gasteiger partial charge < -0.3 is 15.0 Å². The fourth-order valence-corrected chi connectivity index (χ4v) is 7.73. The van der Waals surface area contributed by atoms with Gasteiger partial charge in [0.15, 0.2) is 0 Å². The lowest BCUT2D eigenvalue weighted by Gasteiger charge is -2.34. The van der Waals surface area contributed by atoms with Crippen LogP contribution in [-0.4, -0.2) is 50.9 Å². The van der Waals surface area contributed by atoms with Crippen molar-refractivity contribution >= 4 is 43.5 Å². The predicted octanol–water partition coefficient (Wildman–Crippen LogP) is 6.66. The van der Waals surface area contributed by atoms with Gasteiger partial charge in [-0.3, -0.25) is 13.9 Å². The number of hydrogen-bond acceptors (Lipinski definition) is 5. The first-order valence-corrected chi connectivity index (χ1v) is 18.0. The molecule has 0 radical (unpaired) electrons. The molecule has 0 aliphatic heterocycles. The number of hydrogen-bond donors (Lipinski definition) is 1. The highest BCUT2D eigenvalue weighted by atomic mass is 79.9. The molecule has 0 saturated heterocycles.